The number of fused-ring (bicyclic) bond motifs is 1. The van der Waals surface area contributed by atoms with Gasteiger partial charge in [-0.3, -0.25) is 4.99 Å². The maximum absolute atomic E-state index is 11.2. The quantitative estimate of drug-likeness (QED) is 0.379. The number of nitrogens with zero attached hydrogens (tertiary/aromatic N) is 1. The van der Waals surface area contributed by atoms with Gasteiger partial charge >= 0.3 is 5.63 Å². The van der Waals surface area contributed by atoms with Crippen molar-refractivity contribution in [2.45, 2.75) is 19.8 Å². The van der Waals surface area contributed by atoms with E-state index in [-0.39, 0.29) is 12.2 Å². The number of benzene rings is 1. The summed E-state index contributed by atoms with van der Waals surface area (Å²) in [6.45, 7) is 3.05. The Balaban J connectivity index is 2.03. The van der Waals surface area contributed by atoms with Crippen LogP contribution in [0, 0.1) is 0 Å². The zero-order valence-electron chi connectivity index (χ0n) is 11.5. The molecule has 5 nitrogen and oxygen atoms in total. The Labute approximate surface area is 117 Å². The lowest BCUT2D eigenvalue weighted by molar-refractivity contribution is 0.374. The minimum absolute atomic E-state index is 0.228. The smallest absolute Gasteiger partial charge is 0.336 e. The number of hydrogen-bond acceptors (Lipinski definition) is 4. The molecule has 0 fully saturated rings. The normalized spacial score (nSPS) is 11.8. The van der Waals surface area contributed by atoms with Crippen LogP contribution in [0.2, 0.25) is 0 Å². The zero-order chi connectivity index (χ0) is 14.4. The molecule has 20 heavy (non-hydrogen) atoms. The van der Waals surface area contributed by atoms with Crippen LogP contribution in [0.15, 0.2) is 44.5 Å². The predicted octanol–water partition coefficient (Wildman–Crippen LogP) is 2.33. The molecule has 0 aliphatic rings. The van der Waals surface area contributed by atoms with Crippen LogP contribution >= 0.6 is 0 Å². The second-order valence-corrected chi connectivity index (χ2v) is 4.47. The average molecular weight is 274 g/mol. The lowest BCUT2D eigenvalue weighted by Crippen LogP contribution is -2.21. The topological polar surface area (TPSA) is 77.8 Å². The summed E-state index contributed by atoms with van der Waals surface area (Å²) in [5.41, 5.74) is 5.87. The van der Waals surface area contributed by atoms with Crippen molar-refractivity contribution in [2.24, 2.45) is 10.7 Å². The van der Waals surface area contributed by atoms with Crippen LogP contribution in [-0.2, 0) is 0 Å². The first-order valence-electron chi connectivity index (χ1n) is 6.64. The van der Waals surface area contributed by atoms with E-state index in [1.165, 1.54) is 6.07 Å². The van der Waals surface area contributed by atoms with Crippen LogP contribution in [0.4, 0.5) is 0 Å². The maximum Gasteiger partial charge on any atom is 0.336 e. The van der Waals surface area contributed by atoms with Gasteiger partial charge in [0.15, 0.2) is 0 Å². The molecule has 2 aromatic rings. The zero-order valence-corrected chi connectivity index (χ0v) is 11.5. The van der Waals surface area contributed by atoms with Crippen molar-refractivity contribution in [1.29, 1.82) is 0 Å². The molecule has 1 heterocycles. The van der Waals surface area contributed by atoms with Gasteiger partial charge in [0.1, 0.15) is 23.8 Å². The SMILES string of the molecule is CCCCN=C(N)COc1ccc2ccc(=O)oc2c1. The number of hydrogen-bond donors (Lipinski definition) is 1. The third-order valence-corrected chi connectivity index (χ3v) is 2.81. The van der Waals surface area contributed by atoms with E-state index >= 15 is 0 Å². The van der Waals surface area contributed by atoms with Crippen LogP contribution < -0.4 is 16.1 Å². The fourth-order valence-corrected chi connectivity index (χ4v) is 1.71. The van der Waals surface area contributed by atoms with Crippen LogP contribution in [0.3, 0.4) is 0 Å². The van der Waals surface area contributed by atoms with Gasteiger partial charge in [0, 0.05) is 24.1 Å². The van der Waals surface area contributed by atoms with Gasteiger partial charge in [0.2, 0.25) is 0 Å². The minimum atomic E-state index is -0.379. The molecule has 0 bridgehead atoms. The van der Waals surface area contributed by atoms with Crippen molar-refractivity contribution in [2.75, 3.05) is 13.2 Å². The molecule has 1 aromatic heterocycles. The van der Waals surface area contributed by atoms with Gasteiger partial charge in [-0.25, -0.2) is 4.79 Å². The van der Waals surface area contributed by atoms with Crippen molar-refractivity contribution in [3.63, 3.8) is 0 Å². The average Bonchev–Trinajstić information content (AvgIpc) is 2.45. The lowest BCUT2D eigenvalue weighted by Gasteiger charge is -2.06. The summed E-state index contributed by atoms with van der Waals surface area (Å²) in [6, 6.07) is 8.42. The number of nitrogens with two attached hydrogens (primary N) is 1. The number of aliphatic imine (C=N–C) groups is 1. The number of amidine groups is 1. The molecule has 0 spiro atoms. The Bertz CT molecular complexity index is 661. The number of rotatable bonds is 6. The highest BCUT2D eigenvalue weighted by molar-refractivity contribution is 5.82. The molecular formula is C15H18N2O3. The molecule has 0 amide bonds. The van der Waals surface area contributed by atoms with E-state index in [2.05, 4.69) is 11.9 Å². The van der Waals surface area contributed by atoms with Gasteiger partial charge in [-0.05, 0) is 24.6 Å². The summed E-state index contributed by atoms with van der Waals surface area (Å²) in [5, 5.41) is 0.849. The first kappa shape index (κ1) is 14.1. The summed E-state index contributed by atoms with van der Waals surface area (Å²) in [6.07, 6.45) is 2.10. The molecule has 0 aliphatic carbocycles. The predicted molar refractivity (Wildman–Crippen MR) is 79.4 cm³/mol. The van der Waals surface area contributed by atoms with Crippen LogP contribution in [-0.4, -0.2) is 19.0 Å². The molecule has 1 aromatic carbocycles. The maximum atomic E-state index is 11.2. The van der Waals surface area contributed by atoms with Gasteiger partial charge in [-0.1, -0.05) is 13.3 Å². The molecule has 0 aliphatic heterocycles. The third kappa shape index (κ3) is 3.85. The van der Waals surface area contributed by atoms with Crippen molar-refractivity contribution in [3.05, 3.63) is 40.8 Å². The standard InChI is InChI=1S/C15H18N2O3/c1-2-3-8-17-14(16)10-19-12-6-4-11-5-7-15(18)20-13(11)9-12/h4-7,9H,2-3,8,10H2,1H3,(H2,16,17). The lowest BCUT2D eigenvalue weighted by atomic mass is 10.2. The highest BCUT2D eigenvalue weighted by atomic mass is 16.5. The first-order valence-corrected chi connectivity index (χ1v) is 6.64. The fraction of sp³-hybridized carbons (Fsp3) is 0.333. The van der Waals surface area contributed by atoms with Gasteiger partial charge in [-0.15, -0.1) is 0 Å². The second-order valence-electron chi connectivity index (χ2n) is 4.47. The van der Waals surface area contributed by atoms with Crippen LogP contribution in [0.1, 0.15) is 19.8 Å². The Hall–Kier alpha value is -2.30. The highest BCUT2D eigenvalue weighted by Gasteiger charge is 2.01. The molecular weight excluding hydrogens is 256 g/mol. The Kier molecular flexibility index (Phi) is 4.76. The van der Waals surface area contributed by atoms with Crippen molar-refractivity contribution in [3.8, 4) is 5.75 Å². The number of unbranched alkanes of at least 4 members (excludes halogenated alkanes) is 1. The van der Waals surface area contributed by atoms with Crippen molar-refractivity contribution < 1.29 is 9.15 Å². The summed E-state index contributed by atoms with van der Waals surface area (Å²) >= 11 is 0. The summed E-state index contributed by atoms with van der Waals surface area (Å²) in [7, 11) is 0. The summed E-state index contributed by atoms with van der Waals surface area (Å²) in [5.74, 6) is 1.06. The molecule has 0 saturated carbocycles. The van der Waals surface area contributed by atoms with Crippen LogP contribution in [0.25, 0.3) is 11.0 Å². The fourth-order valence-electron chi connectivity index (χ4n) is 1.71. The molecule has 0 atom stereocenters. The molecule has 2 rings (SSSR count). The number of ether oxygens (including phenoxy) is 1. The van der Waals surface area contributed by atoms with E-state index < -0.39 is 0 Å². The molecule has 0 saturated heterocycles. The van der Waals surface area contributed by atoms with Gasteiger partial charge in [0.05, 0.1) is 0 Å². The highest BCUT2D eigenvalue weighted by Crippen LogP contribution is 2.19. The summed E-state index contributed by atoms with van der Waals surface area (Å²) in [4.78, 5) is 15.4. The molecule has 106 valence electrons. The van der Waals surface area contributed by atoms with Gasteiger partial charge < -0.3 is 14.9 Å². The first-order chi connectivity index (χ1) is 9.69. The van der Waals surface area contributed by atoms with E-state index in [0.29, 0.717) is 17.2 Å². The second kappa shape index (κ2) is 6.75. The van der Waals surface area contributed by atoms with Crippen molar-refractivity contribution >= 4 is 16.8 Å². The molecule has 5 heteroatoms. The van der Waals surface area contributed by atoms with E-state index in [0.717, 1.165) is 24.8 Å². The molecule has 2 N–H and O–H groups in total. The van der Waals surface area contributed by atoms with E-state index in [9.17, 15) is 4.79 Å². The Morgan fingerprint density at radius 2 is 2.15 bits per heavy atom. The van der Waals surface area contributed by atoms with Gasteiger partial charge in [0.25, 0.3) is 0 Å². The van der Waals surface area contributed by atoms with Crippen molar-refractivity contribution in [1.82, 2.24) is 0 Å². The Morgan fingerprint density at radius 1 is 1.35 bits per heavy atom. The van der Waals surface area contributed by atoms with Crippen LogP contribution in [0.5, 0.6) is 5.75 Å². The monoisotopic (exact) mass is 274 g/mol. The molecule has 0 unspecified atom stereocenters. The Morgan fingerprint density at radius 3 is 2.95 bits per heavy atom. The molecule has 0 radical (unpaired) electrons. The summed E-state index contributed by atoms with van der Waals surface area (Å²) < 4.78 is 10.6. The van der Waals surface area contributed by atoms with E-state index in [4.69, 9.17) is 14.9 Å². The largest absolute Gasteiger partial charge is 0.486 e. The van der Waals surface area contributed by atoms with Gasteiger partial charge in [-0.2, -0.15) is 0 Å². The third-order valence-electron chi connectivity index (χ3n) is 2.81. The van der Waals surface area contributed by atoms with E-state index in [1.54, 1.807) is 12.1 Å². The van der Waals surface area contributed by atoms with E-state index in [1.807, 2.05) is 12.1 Å². The minimum Gasteiger partial charge on any atom is -0.486 e.